The summed E-state index contributed by atoms with van der Waals surface area (Å²) in [5.74, 6) is 0.319. The van der Waals surface area contributed by atoms with E-state index in [2.05, 4.69) is 12.3 Å². The van der Waals surface area contributed by atoms with E-state index in [1.54, 1.807) is 12.1 Å². The maximum atomic E-state index is 9.01. The second-order valence-electron chi connectivity index (χ2n) is 2.16. The number of aromatic hydroxyl groups is 1. The lowest BCUT2D eigenvalue weighted by atomic mass is 10.1. The van der Waals surface area contributed by atoms with Crippen molar-refractivity contribution in [2.24, 2.45) is 5.73 Å². The minimum absolute atomic E-state index is 0.319. The van der Waals surface area contributed by atoms with E-state index in [0.29, 0.717) is 5.75 Å². The van der Waals surface area contributed by atoms with E-state index in [4.69, 9.17) is 5.11 Å². The summed E-state index contributed by atoms with van der Waals surface area (Å²) < 4.78 is 0. The SMILES string of the molecule is C=CCc1cccc(O)c1.CN. The fraction of sp³-hybridized carbons (Fsp3) is 0.200. The third-order valence-corrected chi connectivity index (χ3v) is 1.29. The van der Waals surface area contributed by atoms with E-state index in [1.165, 1.54) is 7.05 Å². The fourth-order valence-electron chi connectivity index (χ4n) is 0.850. The van der Waals surface area contributed by atoms with Crippen LogP contribution in [0.15, 0.2) is 36.9 Å². The third kappa shape index (κ3) is 3.78. The Morgan fingerprint density at radius 1 is 1.50 bits per heavy atom. The monoisotopic (exact) mass is 165 g/mol. The highest BCUT2D eigenvalue weighted by Gasteiger charge is 1.89. The standard InChI is InChI=1S/C9H10O.CH5N/c1-2-4-8-5-3-6-9(10)7-8;1-2/h2-3,5-7,10H,1,4H2;2H2,1H3. The molecule has 2 nitrogen and oxygen atoms in total. The van der Waals surface area contributed by atoms with Crippen LogP contribution < -0.4 is 5.73 Å². The van der Waals surface area contributed by atoms with Crippen LogP contribution in [0, 0.1) is 0 Å². The Balaban J connectivity index is 0.000000561. The van der Waals surface area contributed by atoms with Crippen LogP contribution in [0.2, 0.25) is 0 Å². The topological polar surface area (TPSA) is 46.2 Å². The van der Waals surface area contributed by atoms with Gasteiger partial charge < -0.3 is 10.8 Å². The van der Waals surface area contributed by atoms with Crippen molar-refractivity contribution in [3.05, 3.63) is 42.5 Å². The number of allylic oxidation sites excluding steroid dienone is 1. The van der Waals surface area contributed by atoms with E-state index in [0.717, 1.165) is 12.0 Å². The maximum Gasteiger partial charge on any atom is 0.115 e. The maximum absolute atomic E-state index is 9.01. The lowest BCUT2D eigenvalue weighted by Crippen LogP contribution is -1.77. The zero-order valence-corrected chi connectivity index (χ0v) is 7.33. The van der Waals surface area contributed by atoms with Gasteiger partial charge in [-0.15, -0.1) is 6.58 Å². The van der Waals surface area contributed by atoms with Crippen molar-refractivity contribution in [1.82, 2.24) is 0 Å². The normalized spacial score (nSPS) is 8.17. The van der Waals surface area contributed by atoms with Gasteiger partial charge in [-0.05, 0) is 31.2 Å². The van der Waals surface area contributed by atoms with Crippen LogP contribution in [0.3, 0.4) is 0 Å². The van der Waals surface area contributed by atoms with Crippen LogP contribution in [0.5, 0.6) is 5.75 Å². The highest BCUT2D eigenvalue weighted by molar-refractivity contribution is 5.28. The second-order valence-corrected chi connectivity index (χ2v) is 2.16. The molecule has 0 radical (unpaired) electrons. The van der Waals surface area contributed by atoms with Crippen molar-refractivity contribution >= 4 is 0 Å². The molecule has 0 heterocycles. The summed E-state index contributed by atoms with van der Waals surface area (Å²) in [5, 5.41) is 9.01. The Morgan fingerprint density at radius 3 is 2.67 bits per heavy atom. The molecule has 12 heavy (non-hydrogen) atoms. The Kier molecular flexibility index (Phi) is 5.75. The Morgan fingerprint density at radius 2 is 2.17 bits per heavy atom. The van der Waals surface area contributed by atoms with Crippen molar-refractivity contribution < 1.29 is 5.11 Å². The molecule has 0 atom stereocenters. The molecular formula is C10H15NO. The largest absolute Gasteiger partial charge is 0.508 e. The molecule has 0 amide bonds. The van der Waals surface area contributed by atoms with Crippen molar-refractivity contribution in [3.8, 4) is 5.75 Å². The minimum Gasteiger partial charge on any atom is -0.508 e. The lowest BCUT2D eigenvalue weighted by Gasteiger charge is -1.95. The third-order valence-electron chi connectivity index (χ3n) is 1.29. The lowest BCUT2D eigenvalue weighted by molar-refractivity contribution is 0.474. The molecule has 0 saturated heterocycles. The fourth-order valence-corrected chi connectivity index (χ4v) is 0.850. The van der Waals surface area contributed by atoms with Gasteiger partial charge in [0.1, 0.15) is 5.75 Å². The average molecular weight is 165 g/mol. The predicted molar refractivity (Wildman–Crippen MR) is 52.1 cm³/mol. The van der Waals surface area contributed by atoms with Gasteiger partial charge in [-0.3, -0.25) is 0 Å². The first kappa shape index (κ1) is 10.7. The minimum atomic E-state index is 0.319. The van der Waals surface area contributed by atoms with Gasteiger partial charge in [0.2, 0.25) is 0 Å². The van der Waals surface area contributed by atoms with E-state index < -0.39 is 0 Å². The zero-order valence-electron chi connectivity index (χ0n) is 7.33. The Labute approximate surface area is 73.3 Å². The van der Waals surface area contributed by atoms with Gasteiger partial charge in [-0.25, -0.2) is 0 Å². The van der Waals surface area contributed by atoms with Crippen molar-refractivity contribution in [1.29, 1.82) is 0 Å². The number of nitrogens with two attached hydrogens (primary N) is 1. The second kappa shape index (κ2) is 6.43. The summed E-state index contributed by atoms with van der Waals surface area (Å²) in [7, 11) is 1.50. The molecule has 1 aromatic carbocycles. The van der Waals surface area contributed by atoms with E-state index in [9.17, 15) is 0 Å². The molecule has 0 saturated carbocycles. The highest BCUT2D eigenvalue weighted by atomic mass is 16.3. The van der Waals surface area contributed by atoms with E-state index >= 15 is 0 Å². The molecule has 3 N–H and O–H groups in total. The molecule has 1 rings (SSSR count). The van der Waals surface area contributed by atoms with Gasteiger partial charge in [0.15, 0.2) is 0 Å². The summed E-state index contributed by atoms with van der Waals surface area (Å²) in [6.07, 6.45) is 2.63. The van der Waals surface area contributed by atoms with Crippen molar-refractivity contribution in [3.63, 3.8) is 0 Å². The molecule has 1 aromatic rings. The van der Waals surface area contributed by atoms with Gasteiger partial charge >= 0.3 is 0 Å². The molecule has 0 bridgehead atoms. The molecule has 0 unspecified atom stereocenters. The van der Waals surface area contributed by atoms with Crippen LogP contribution in [0.1, 0.15) is 5.56 Å². The first-order valence-electron chi connectivity index (χ1n) is 3.79. The van der Waals surface area contributed by atoms with Crippen molar-refractivity contribution in [2.45, 2.75) is 6.42 Å². The van der Waals surface area contributed by atoms with E-state index in [-0.39, 0.29) is 0 Å². The zero-order chi connectivity index (χ0) is 9.40. The molecule has 0 aliphatic rings. The van der Waals surface area contributed by atoms with Gasteiger partial charge in [0.05, 0.1) is 0 Å². The number of benzene rings is 1. The van der Waals surface area contributed by atoms with Gasteiger partial charge in [0.25, 0.3) is 0 Å². The molecule has 0 aliphatic heterocycles. The van der Waals surface area contributed by atoms with Crippen LogP contribution >= 0.6 is 0 Å². The summed E-state index contributed by atoms with van der Waals surface area (Å²) in [4.78, 5) is 0. The van der Waals surface area contributed by atoms with Gasteiger partial charge in [-0.1, -0.05) is 18.2 Å². The first-order valence-corrected chi connectivity index (χ1v) is 3.79. The van der Waals surface area contributed by atoms with Gasteiger partial charge in [0, 0.05) is 0 Å². The number of hydrogen-bond donors (Lipinski definition) is 2. The molecule has 0 fully saturated rings. The quantitative estimate of drug-likeness (QED) is 0.655. The predicted octanol–water partition coefficient (Wildman–Crippen LogP) is 1.70. The number of phenolic OH excluding ortho intramolecular Hbond substituents is 1. The summed E-state index contributed by atoms with van der Waals surface area (Å²) in [6, 6.07) is 7.18. The smallest absolute Gasteiger partial charge is 0.115 e. The Hall–Kier alpha value is -1.28. The van der Waals surface area contributed by atoms with Crippen LogP contribution in [-0.4, -0.2) is 12.2 Å². The van der Waals surface area contributed by atoms with Crippen molar-refractivity contribution in [2.75, 3.05) is 7.05 Å². The van der Waals surface area contributed by atoms with Crippen LogP contribution in [0.4, 0.5) is 0 Å². The first-order chi connectivity index (χ1) is 5.83. The van der Waals surface area contributed by atoms with Crippen LogP contribution in [-0.2, 0) is 6.42 Å². The molecule has 0 aromatic heterocycles. The summed E-state index contributed by atoms with van der Waals surface area (Å²) >= 11 is 0. The number of phenols is 1. The Bertz CT molecular complexity index is 233. The number of hydrogen-bond acceptors (Lipinski definition) is 2. The molecule has 2 heteroatoms. The molecular weight excluding hydrogens is 150 g/mol. The highest BCUT2D eigenvalue weighted by Crippen LogP contribution is 2.10. The molecule has 0 spiro atoms. The number of rotatable bonds is 2. The summed E-state index contributed by atoms with van der Waals surface area (Å²) in [5.41, 5.74) is 5.59. The summed E-state index contributed by atoms with van der Waals surface area (Å²) in [6.45, 7) is 3.60. The van der Waals surface area contributed by atoms with Crippen LogP contribution in [0.25, 0.3) is 0 Å². The van der Waals surface area contributed by atoms with Gasteiger partial charge in [-0.2, -0.15) is 0 Å². The van der Waals surface area contributed by atoms with E-state index in [1.807, 2.05) is 18.2 Å². The average Bonchev–Trinajstić information content (AvgIpc) is 2.09. The molecule has 0 aliphatic carbocycles. The molecule has 66 valence electrons.